The van der Waals surface area contributed by atoms with Crippen molar-refractivity contribution in [1.82, 2.24) is 14.8 Å². The Kier molecular flexibility index (Phi) is 6.63. The van der Waals surface area contributed by atoms with Crippen molar-refractivity contribution >= 4 is 5.91 Å². The molecular weight excluding hydrogens is 266 g/mol. The molecule has 1 saturated heterocycles. The number of aromatic nitrogens is 1. The Morgan fingerprint density at radius 1 is 1.10 bits per heavy atom. The summed E-state index contributed by atoms with van der Waals surface area (Å²) < 4.78 is 0. The molecule has 0 spiro atoms. The van der Waals surface area contributed by atoms with Gasteiger partial charge in [-0.05, 0) is 50.9 Å². The molecule has 5 heteroatoms. The van der Waals surface area contributed by atoms with E-state index in [1.807, 2.05) is 4.90 Å². The highest BCUT2D eigenvalue weighted by molar-refractivity contribution is 5.94. The SMILES string of the molecule is O=C(c1ccncc1)N1CCCN(CCCCCO)CC1. The zero-order valence-electron chi connectivity index (χ0n) is 12.6. The maximum absolute atomic E-state index is 12.4. The van der Waals surface area contributed by atoms with Crippen LogP contribution in [0.15, 0.2) is 24.5 Å². The van der Waals surface area contributed by atoms with E-state index in [1.54, 1.807) is 24.5 Å². The standard InChI is InChI=1S/C16H25N3O2/c20-14-3-1-2-9-18-10-4-11-19(13-12-18)16(21)15-5-7-17-8-6-15/h5-8,20H,1-4,9-14H2. The normalized spacial score (nSPS) is 16.7. The van der Waals surface area contributed by atoms with Crippen LogP contribution in [0, 0.1) is 0 Å². The predicted octanol–water partition coefficient (Wildman–Crippen LogP) is 1.39. The number of hydrogen-bond donors (Lipinski definition) is 1. The van der Waals surface area contributed by atoms with E-state index in [9.17, 15) is 4.79 Å². The van der Waals surface area contributed by atoms with Gasteiger partial charge in [0.25, 0.3) is 5.91 Å². The van der Waals surface area contributed by atoms with E-state index in [-0.39, 0.29) is 12.5 Å². The molecule has 0 aliphatic carbocycles. The Morgan fingerprint density at radius 3 is 2.67 bits per heavy atom. The first-order chi connectivity index (χ1) is 10.3. The molecule has 21 heavy (non-hydrogen) atoms. The molecule has 0 saturated carbocycles. The maximum Gasteiger partial charge on any atom is 0.254 e. The Labute approximate surface area is 126 Å². The van der Waals surface area contributed by atoms with Crippen LogP contribution in [0.3, 0.4) is 0 Å². The number of amides is 1. The van der Waals surface area contributed by atoms with Crippen molar-refractivity contribution in [3.8, 4) is 0 Å². The molecule has 2 rings (SSSR count). The molecule has 2 heterocycles. The summed E-state index contributed by atoms with van der Waals surface area (Å²) >= 11 is 0. The molecule has 0 bridgehead atoms. The van der Waals surface area contributed by atoms with Crippen molar-refractivity contribution in [1.29, 1.82) is 0 Å². The summed E-state index contributed by atoms with van der Waals surface area (Å²) in [6.45, 7) is 4.97. The van der Waals surface area contributed by atoms with Crippen LogP contribution in [0.1, 0.15) is 36.0 Å². The van der Waals surface area contributed by atoms with Gasteiger partial charge in [0.2, 0.25) is 0 Å². The van der Waals surface area contributed by atoms with Crippen LogP contribution in [0.5, 0.6) is 0 Å². The minimum Gasteiger partial charge on any atom is -0.396 e. The molecular formula is C16H25N3O2. The summed E-state index contributed by atoms with van der Waals surface area (Å²) in [5.74, 6) is 0.111. The van der Waals surface area contributed by atoms with Gasteiger partial charge in [-0.2, -0.15) is 0 Å². The molecule has 0 radical (unpaired) electrons. The molecule has 116 valence electrons. The fourth-order valence-electron chi connectivity index (χ4n) is 2.70. The summed E-state index contributed by atoms with van der Waals surface area (Å²) in [7, 11) is 0. The van der Waals surface area contributed by atoms with E-state index in [1.165, 1.54) is 0 Å². The van der Waals surface area contributed by atoms with Crippen LogP contribution >= 0.6 is 0 Å². The predicted molar refractivity (Wildman–Crippen MR) is 82.1 cm³/mol. The largest absolute Gasteiger partial charge is 0.396 e. The van der Waals surface area contributed by atoms with Gasteiger partial charge in [-0.25, -0.2) is 0 Å². The topological polar surface area (TPSA) is 56.7 Å². The molecule has 1 aliphatic rings. The molecule has 1 amide bonds. The first kappa shape index (κ1) is 15.9. The Hall–Kier alpha value is -1.46. The van der Waals surface area contributed by atoms with Crippen molar-refractivity contribution in [3.63, 3.8) is 0 Å². The van der Waals surface area contributed by atoms with Gasteiger partial charge in [-0.3, -0.25) is 9.78 Å². The lowest BCUT2D eigenvalue weighted by atomic mass is 10.2. The average molecular weight is 291 g/mol. The monoisotopic (exact) mass is 291 g/mol. The van der Waals surface area contributed by atoms with Gasteiger partial charge < -0.3 is 14.9 Å². The van der Waals surface area contributed by atoms with E-state index < -0.39 is 0 Å². The molecule has 5 nitrogen and oxygen atoms in total. The van der Waals surface area contributed by atoms with Gasteiger partial charge >= 0.3 is 0 Å². The second-order valence-corrected chi connectivity index (χ2v) is 5.51. The zero-order chi connectivity index (χ0) is 14.9. The number of pyridine rings is 1. The summed E-state index contributed by atoms with van der Waals surface area (Å²) in [6, 6.07) is 3.56. The Bertz CT molecular complexity index is 425. The quantitative estimate of drug-likeness (QED) is 0.805. The molecule has 1 aromatic heterocycles. The number of nitrogens with zero attached hydrogens (tertiary/aromatic N) is 3. The van der Waals surface area contributed by atoms with Crippen LogP contribution < -0.4 is 0 Å². The number of aliphatic hydroxyl groups is 1. The van der Waals surface area contributed by atoms with Crippen molar-refractivity contribution < 1.29 is 9.90 Å². The number of hydrogen-bond acceptors (Lipinski definition) is 4. The van der Waals surface area contributed by atoms with E-state index in [0.29, 0.717) is 0 Å². The van der Waals surface area contributed by atoms with Crippen LogP contribution in [0.25, 0.3) is 0 Å². The number of carbonyl (C=O) groups excluding carboxylic acids is 1. The van der Waals surface area contributed by atoms with E-state index in [2.05, 4.69) is 9.88 Å². The minimum absolute atomic E-state index is 0.111. The van der Waals surface area contributed by atoms with Gasteiger partial charge in [0.1, 0.15) is 0 Å². The lowest BCUT2D eigenvalue weighted by Crippen LogP contribution is -2.35. The van der Waals surface area contributed by atoms with Crippen molar-refractivity contribution in [2.75, 3.05) is 39.3 Å². The van der Waals surface area contributed by atoms with Crippen LogP contribution in [-0.2, 0) is 0 Å². The van der Waals surface area contributed by atoms with Crippen molar-refractivity contribution in [2.45, 2.75) is 25.7 Å². The number of aliphatic hydroxyl groups excluding tert-OH is 1. The molecule has 0 aromatic carbocycles. The van der Waals surface area contributed by atoms with E-state index in [4.69, 9.17) is 5.11 Å². The van der Waals surface area contributed by atoms with Crippen molar-refractivity contribution in [3.05, 3.63) is 30.1 Å². The molecule has 0 atom stereocenters. The Balaban J connectivity index is 1.79. The zero-order valence-corrected chi connectivity index (χ0v) is 12.6. The van der Waals surface area contributed by atoms with E-state index >= 15 is 0 Å². The molecule has 1 aliphatic heterocycles. The third kappa shape index (κ3) is 5.10. The lowest BCUT2D eigenvalue weighted by Gasteiger charge is -2.22. The Morgan fingerprint density at radius 2 is 1.90 bits per heavy atom. The second-order valence-electron chi connectivity index (χ2n) is 5.51. The van der Waals surface area contributed by atoms with Gasteiger partial charge in [0, 0.05) is 44.2 Å². The van der Waals surface area contributed by atoms with Gasteiger partial charge in [0.15, 0.2) is 0 Å². The lowest BCUT2D eigenvalue weighted by molar-refractivity contribution is 0.0761. The average Bonchev–Trinajstić information content (AvgIpc) is 2.77. The number of carbonyl (C=O) groups is 1. The highest BCUT2D eigenvalue weighted by Crippen LogP contribution is 2.09. The highest BCUT2D eigenvalue weighted by Gasteiger charge is 2.19. The van der Waals surface area contributed by atoms with Crippen LogP contribution in [-0.4, -0.2) is 65.1 Å². The van der Waals surface area contributed by atoms with Gasteiger partial charge in [0.05, 0.1) is 0 Å². The smallest absolute Gasteiger partial charge is 0.254 e. The van der Waals surface area contributed by atoms with Crippen molar-refractivity contribution in [2.24, 2.45) is 0 Å². The van der Waals surface area contributed by atoms with E-state index in [0.717, 1.165) is 64.0 Å². The first-order valence-corrected chi connectivity index (χ1v) is 7.84. The van der Waals surface area contributed by atoms with Gasteiger partial charge in [-0.1, -0.05) is 0 Å². The molecule has 1 aromatic rings. The molecule has 0 unspecified atom stereocenters. The summed E-state index contributed by atoms with van der Waals surface area (Å²) in [4.78, 5) is 20.7. The summed E-state index contributed by atoms with van der Waals surface area (Å²) in [6.07, 6.45) is 7.44. The third-order valence-corrected chi connectivity index (χ3v) is 3.94. The molecule has 1 N–H and O–H groups in total. The number of rotatable bonds is 6. The van der Waals surface area contributed by atoms with Crippen LogP contribution in [0.2, 0.25) is 0 Å². The number of unbranched alkanes of at least 4 members (excludes halogenated alkanes) is 2. The highest BCUT2D eigenvalue weighted by atomic mass is 16.2. The second kappa shape index (κ2) is 8.74. The van der Waals surface area contributed by atoms with Crippen LogP contribution in [0.4, 0.5) is 0 Å². The third-order valence-electron chi connectivity index (χ3n) is 3.94. The molecule has 1 fully saturated rings. The van der Waals surface area contributed by atoms with Gasteiger partial charge in [-0.15, -0.1) is 0 Å². The fourth-order valence-corrected chi connectivity index (χ4v) is 2.70. The summed E-state index contributed by atoms with van der Waals surface area (Å²) in [5, 5.41) is 8.79. The first-order valence-electron chi connectivity index (χ1n) is 7.84. The maximum atomic E-state index is 12.4. The fraction of sp³-hybridized carbons (Fsp3) is 0.625. The summed E-state index contributed by atoms with van der Waals surface area (Å²) in [5.41, 5.74) is 0.724. The minimum atomic E-state index is 0.111.